The van der Waals surface area contributed by atoms with Gasteiger partial charge in [0.25, 0.3) is 0 Å². The minimum Gasteiger partial charge on any atom is -0.460 e. The van der Waals surface area contributed by atoms with Crippen molar-refractivity contribution in [2.45, 2.75) is 123 Å². The van der Waals surface area contributed by atoms with Crippen LogP contribution in [0.4, 0.5) is 0 Å². The molecule has 1 aliphatic heterocycles. The normalized spacial score (nSPS) is 23.8. The summed E-state index contributed by atoms with van der Waals surface area (Å²) in [6.45, 7) is 10.1. The molecule has 8 nitrogen and oxygen atoms in total. The van der Waals surface area contributed by atoms with Gasteiger partial charge in [-0.25, -0.2) is 0 Å². The number of amides is 2. The SMILES string of the molecule is CCCCCC/C(=C\C(=O)N[C@H]1CCCC[C@@H]1OC(=O)CCNC(=O)C1OC(C)(C)OCC1(C)C)c1ccccc1. The average Bonchev–Trinajstić information content (AvgIpc) is 2.93. The van der Waals surface area contributed by atoms with Gasteiger partial charge < -0.3 is 24.8 Å². The lowest BCUT2D eigenvalue weighted by atomic mass is 9.85. The number of ether oxygens (including phenoxy) is 3. The van der Waals surface area contributed by atoms with Crippen molar-refractivity contribution in [1.29, 1.82) is 0 Å². The molecule has 0 bridgehead atoms. The lowest BCUT2D eigenvalue weighted by Crippen LogP contribution is -2.56. The topological polar surface area (TPSA) is 103 Å². The fourth-order valence-electron chi connectivity index (χ4n) is 5.41. The maximum absolute atomic E-state index is 13.1. The number of esters is 1. The van der Waals surface area contributed by atoms with E-state index in [2.05, 4.69) is 17.6 Å². The fraction of sp³-hybridized carbons (Fsp3) is 0.667. The quantitative estimate of drug-likeness (QED) is 0.179. The molecule has 1 saturated heterocycles. The van der Waals surface area contributed by atoms with Crippen LogP contribution in [0.3, 0.4) is 0 Å². The van der Waals surface area contributed by atoms with Crippen LogP contribution in [-0.2, 0) is 28.6 Å². The van der Waals surface area contributed by atoms with Crippen LogP contribution < -0.4 is 10.6 Å². The summed E-state index contributed by atoms with van der Waals surface area (Å²) in [7, 11) is 0. The molecule has 2 aliphatic rings. The molecule has 1 aliphatic carbocycles. The van der Waals surface area contributed by atoms with E-state index in [1.165, 1.54) is 12.8 Å². The Hall–Kier alpha value is -2.71. The first-order chi connectivity index (χ1) is 19.5. The minimum absolute atomic E-state index is 0.0474. The zero-order valence-corrected chi connectivity index (χ0v) is 25.6. The van der Waals surface area contributed by atoms with Gasteiger partial charge in [0.15, 0.2) is 5.79 Å². The third kappa shape index (κ3) is 10.6. The summed E-state index contributed by atoms with van der Waals surface area (Å²) in [5.41, 5.74) is 1.60. The van der Waals surface area contributed by atoms with Crippen LogP contribution in [-0.4, -0.2) is 55.0 Å². The number of benzene rings is 1. The van der Waals surface area contributed by atoms with E-state index in [1.54, 1.807) is 19.9 Å². The number of hydrogen-bond acceptors (Lipinski definition) is 6. The summed E-state index contributed by atoms with van der Waals surface area (Å²) in [6, 6.07) is 9.80. The van der Waals surface area contributed by atoms with Gasteiger partial charge in [-0.3, -0.25) is 14.4 Å². The van der Waals surface area contributed by atoms with E-state index in [0.29, 0.717) is 13.0 Å². The second-order valence-electron chi connectivity index (χ2n) is 12.5. The van der Waals surface area contributed by atoms with E-state index in [9.17, 15) is 14.4 Å². The van der Waals surface area contributed by atoms with Crippen molar-refractivity contribution in [1.82, 2.24) is 10.6 Å². The maximum atomic E-state index is 13.1. The number of unbranched alkanes of at least 4 members (excludes halogenated alkanes) is 3. The first-order valence-electron chi connectivity index (χ1n) is 15.4. The lowest BCUT2D eigenvalue weighted by molar-refractivity contribution is -0.304. The van der Waals surface area contributed by atoms with Gasteiger partial charge in [-0.2, -0.15) is 0 Å². The predicted octanol–water partition coefficient (Wildman–Crippen LogP) is 5.70. The van der Waals surface area contributed by atoms with Gasteiger partial charge >= 0.3 is 5.97 Å². The molecule has 0 spiro atoms. The molecule has 3 atom stereocenters. The summed E-state index contributed by atoms with van der Waals surface area (Å²) >= 11 is 0. The Kier molecular flexibility index (Phi) is 12.4. The third-order valence-corrected chi connectivity index (χ3v) is 7.83. The Balaban J connectivity index is 1.52. The van der Waals surface area contributed by atoms with Crippen LogP contribution in [0.2, 0.25) is 0 Å². The van der Waals surface area contributed by atoms with Crippen LogP contribution in [0.15, 0.2) is 36.4 Å². The van der Waals surface area contributed by atoms with Gasteiger partial charge in [-0.1, -0.05) is 76.8 Å². The first kappa shape index (κ1) is 32.8. The molecular formula is C33H50N2O6. The molecule has 0 aromatic heterocycles. The van der Waals surface area contributed by atoms with Crippen molar-refractivity contribution in [2.75, 3.05) is 13.2 Å². The highest BCUT2D eigenvalue weighted by Gasteiger charge is 2.45. The second-order valence-corrected chi connectivity index (χ2v) is 12.5. The molecule has 3 rings (SSSR count). The van der Waals surface area contributed by atoms with Crippen LogP contribution in [0, 0.1) is 5.41 Å². The summed E-state index contributed by atoms with van der Waals surface area (Å²) in [5.74, 6) is -1.65. The van der Waals surface area contributed by atoms with Crippen molar-refractivity contribution < 1.29 is 28.6 Å². The van der Waals surface area contributed by atoms with Crippen molar-refractivity contribution in [3.05, 3.63) is 42.0 Å². The Morgan fingerprint density at radius 3 is 2.46 bits per heavy atom. The monoisotopic (exact) mass is 570 g/mol. The molecule has 8 heteroatoms. The Bertz CT molecular complexity index is 1040. The maximum Gasteiger partial charge on any atom is 0.307 e. The smallest absolute Gasteiger partial charge is 0.307 e. The highest BCUT2D eigenvalue weighted by atomic mass is 16.7. The number of carbonyl (C=O) groups excluding carboxylic acids is 3. The van der Waals surface area contributed by atoms with Gasteiger partial charge in [-0.05, 0) is 57.1 Å². The third-order valence-electron chi connectivity index (χ3n) is 7.83. The van der Waals surface area contributed by atoms with Gasteiger partial charge in [0, 0.05) is 18.0 Å². The molecule has 1 aromatic carbocycles. The van der Waals surface area contributed by atoms with Crippen molar-refractivity contribution in [2.24, 2.45) is 5.41 Å². The first-order valence-corrected chi connectivity index (χ1v) is 15.4. The van der Waals surface area contributed by atoms with Gasteiger partial charge in [0.05, 0.1) is 19.1 Å². The Morgan fingerprint density at radius 1 is 1.00 bits per heavy atom. The molecule has 228 valence electrons. The number of allylic oxidation sites excluding steroid dienone is 1. The summed E-state index contributed by atoms with van der Waals surface area (Å²) in [6.07, 6.45) is 9.45. The highest BCUT2D eigenvalue weighted by molar-refractivity contribution is 5.95. The summed E-state index contributed by atoms with van der Waals surface area (Å²) in [4.78, 5) is 38.7. The number of rotatable bonds is 13. The largest absolute Gasteiger partial charge is 0.460 e. The zero-order chi connectivity index (χ0) is 29.9. The molecule has 1 heterocycles. The molecule has 1 aromatic rings. The molecule has 2 amide bonds. The van der Waals surface area contributed by atoms with E-state index in [1.807, 2.05) is 44.2 Å². The van der Waals surface area contributed by atoms with E-state index in [4.69, 9.17) is 14.2 Å². The van der Waals surface area contributed by atoms with Crippen LogP contribution in [0.25, 0.3) is 5.57 Å². The summed E-state index contributed by atoms with van der Waals surface area (Å²) in [5, 5.41) is 5.94. The van der Waals surface area contributed by atoms with Crippen molar-refractivity contribution in [3.8, 4) is 0 Å². The predicted molar refractivity (Wildman–Crippen MR) is 160 cm³/mol. The minimum atomic E-state index is -0.844. The van der Waals surface area contributed by atoms with Crippen molar-refractivity contribution >= 4 is 23.4 Å². The molecule has 2 N–H and O–H groups in total. The van der Waals surface area contributed by atoms with E-state index in [-0.39, 0.29) is 42.9 Å². The van der Waals surface area contributed by atoms with E-state index < -0.39 is 17.3 Å². The van der Waals surface area contributed by atoms with Crippen LogP contribution >= 0.6 is 0 Å². The molecule has 41 heavy (non-hydrogen) atoms. The number of hydrogen-bond donors (Lipinski definition) is 2. The number of nitrogens with one attached hydrogen (secondary N) is 2. The molecular weight excluding hydrogens is 520 g/mol. The zero-order valence-electron chi connectivity index (χ0n) is 25.6. The van der Waals surface area contributed by atoms with Crippen molar-refractivity contribution in [3.63, 3.8) is 0 Å². The Morgan fingerprint density at radius 2 is 1.73 bits per heavy atom. The average molecular weight is 571 g/mol. The van der Waals surface area contributed by atoms with Crippen LogP contribution in [0.5, 0.6) is 0 Å². The highest BCUT2D eigenvalue weighted by Crippen LogP contribution is 2.35. The Labute approximate surface area is 246 Å². The van der Waals surface area contributed by atoms with E-state index in [0.717, 1.165) is 49.7 Å². The van der Waals surface area contributed by atoms with Crippen LogP contribution in [0.1, 0.15) is 104 Å². The van der Waals surface area contributed by atoms with E-state index >= 15 is 0 Å². The second kappa shape index (κ2) is 15.5. The number of carbonyl (C=O) groups is 3. The van der Waals surface area contributed by atoms with Gasteiger partial charge in [0.2, 0.25) is 11.8 Å². The summed E-state index contributed by atoms with van der Waals surface area (Å²) < 4.78 is 17.4. The van der Waals surface area contributed by atoms with Gasteiger partial charge in [0.1, 0.15) is 12.2 Å². The molecule has 1 saturated carbocycles. The molecule has 1 unspecified atom stereocenters. The standard InChI is InChI=1S/C33H50N2O6/c1-6-7-8-10-17-25(24-15-11-9-12-16-24)22-28(36)35-26-18-13-14-19-27(26)40-29(37)20-21-34-31(38)30-32(2,3)23-39-33(4,5)41-30/h9,11-12,15-16,22,26-27,30H,6-8,10,13-14,17-21,23H2,1-5H3,(H,34,38)(H,35,36)/b25-22+/t26-,27-,30?/m0/s1. The van der Waals surface area contributed by atoms with Gasteiger partial charge in [-0.15, -0.1) is 0 Å². The fourth-order valence-corrected chi connectivity index (χ4v) is 5.41. The molecule has 2 fully saturated rings. The molecule has 0 radical (unpaired) electrons. The lowest BCUT2D eigenvalue weighted by Gasteiger charge is -2.44.